The third kappa shape index (κ3) is 2.04. The lowest BCUT2D eigenvalue weighted by Gasteiger charge is -2.18. The maximum Gasteiger partial charge on any atom is 0.418 e. The van der Waals surface area contributed by atoms with E-state index in [1.807, 2.05) is 0 Å². The Bertz CT molecular complexity index is 343. The molecule has 1 aliphatic rings. The van der Waals surface area contributed by atoms with E-state index in [0.717, 1.165) is 18.2 Å². The first-order valence-electron chi connectivity index (χ1n) is 3.58. The Kier molecular flexibility index (Phi) is 2.80. The molecular weight excluding hydrogens is 219 g/mol. The molecule has 0 saturated carbocycles. The number of carbonyl (C=O) groups excluding carboxylic acids is 1. The highest BCUT2D eigenvalue weighted by atomic mass is 35.5. The molecule has 1 rings (SSSR count). The van der Waals surface area contributed by atoms with E-state index in [1.54, 1.807) is 0 Å². The van der Waals surface area contributed by atoms with Crippen LogP contribution in [-0.2, 0) is 4.79 Å². The van der Waals surface area contributed by atoms with E-state index in [-0.39, 0.29) is 0 Å². The van der Waals surface area contributed by atoms with Crippen molar-refractivity contribution < 1.29 is 18.0 Å². The van der Waals surface area contributed by atoms with E-state index in [1.165, 1.54) is 0 Å². The maximum atomic E-state index is 12.2. The predicted molar refractivity (Wildman–Crippen MR) is 45.4 cm³/mol. The lowest BCUT2D eigenvalue weighted by Crippen LogP contribution is -2.29. The highest BCUT2D eigenvalue weighted by molar-refractivity contribution is 6.66. The number of nitrogens with one attached hydrogen (secondary N) is 1. The fraction of sp³-hybridized carbons (Fsp3) is 0.250. The Balaban J connectivity index is 3.03. The first kappa shape index (κ1) is 11.0. The van der Waals surface area contributed by atoms with E-state index in [9.17, 15) is 18.0 Å². The molecule has 76 valence electrons. The standard InChI is InChI=1S/C8H5ClF3NO/c9-7(14)4-2-1-3-5(6(4)13)8(10,11)12/h1-4,13H. The van der Waals surface area contributed by atoms with Gasteiger partial charge >= 0.3 is 6.18 Å². The van der Waals surface area contributed by atoms with E-state index < -0.39 is 28.6 Å². The second kappa shape index (κ2) is 3.57. The number of hydrogen-bond acceptors (Lipinski definition) is 2. The zero-order valence-electron chi connectivity index (χ0n) is 6.73. The minimum Gasteiger partial charge on any atom is -0.304 e. The van der Waals surface area contributed by atoms with Crippen molar-refractivity contribution in [2.24, 2.45) is 5.92 Å². The molecule has 0 spiro atoms. The summed E-state index contributed by atoms with van der Waals surface area (Å²) in [5.74, 6) is -1.29. The van der Waals surface area contributed by atoms with Gasteiger partial charge in [0.15, 0.2) is 0 Å². The first-order valence-corrected chi connectivity index (χ1v) is 3.95. The van der Waals surface area contributed by atoms with Crippen LogP contribution in [0.3, 0.4) is 0 Å². The third-order valence-corrected chi connectivity index (χ3v) is 1.95. The van der Waals surface area contributed by atoms with Gasteiger partial charge in [-0.25, -0.2) is 0 Å². The van der Waals surface area contributed by atoms with Gasteiger partial charge in [0.2, 0.25) is 5.24 Å². The van der Waals surface area contributed by atoms with Crippen molar-refractivity contribution in [2.75, 3.05) is 0 Å². The van der Waals surface area contributed by atoms with E-state index in [4.69, 9.17) is 17.0 Å². The summed E-state index contributed by atoms with van der Waals surface area (Å²) in [4.78, 5) is 10.7. The van der Waals surface area contributed by atoms with Crippen LogP contribution in [0.5, 0.6) is 0 Å². The monoisotopic (exact) mass is 223 g/mol. The van der Waals surface area contributed by atoms with Crippen molar-refractivity contribution in [1.29, 1.82) is 5.41 Å². The molecule has 1 N–H and O–H groups in total. The summed E-state index contributed by atoms with van der Waals surface area (Å²) in [5, 5.41) is 6.16. The number of halogens is 4. The largest absolute Gasteiger partial charge is 0.418 e. The van der Waals surface area contributed by atoms with Crippen molar-refractivity contribution in [3.8, 4) is 0 Å². The molecule has 0 radical (unpaired) electrons. The van der Waals surface area contributed by atoms with Crippen LogP contribution in [0.15, 0.2) is 23.8 Å². The molecule has 0 aromatic heterocycles. The first-order chi connectivity index (χ1) is 6.34. The van der Waals surface area contributed by atoms with Crippen LogP contribution < -0.4 is 0 Å². The molecule has 14 heavy (non-hydrogen) atoms. The summed E-state index contributed by atoms with van der Waals surface area (Å²) in [6, 6.07) is 0. The summed E-state index contributed by atoms with van der Waals surface area (Å²) < 4.78 is 36.7. The SMILES string of the molecule is N=C1C(C(F)(F)F)=CC=CC1C(=O)Cl. The summed E-state index contributed by atoms with van der Waals surface area (Å²) in [6.07, 6.45) is -1.64. The number of hydrogen-bond donors (Lipinski definition) is 1. The molecule has 1 aliphatic carbocycles. The second-order valence-electron chi connectivity index (χ2n) is 2.66. The summed E-state index contributed by atoms with van der Waals surface area (Å²) in [7, 11) is 0. The Hall–Kier alpha value is -1.10. The van der Waals surface area contributed by atoms with Crippen molar-refractivity contribution in [3.63, 3.8) is 0 Å². The highest BCUT2D eigenvalue weighted by Gasteiger charge is 2.40. The Morgan fingerprint density at radius 3 is 2.50 bits per heavy atom. The van der Waals surface area contributed by atoms with Crippen LogP contribution in [0.4, 0.5) is 13.2 Å². The van der Waals surface area contributed by atoms with Gasteiger partial charge in [0, 0.05) is 0 Å². The van der Waals surface area contributed by atoms with Crippen LogP contribution in [0.1, 0.15) is 0 Å². The lowest BCUT2D eigenvalue weighted by molar-refractivity contribution is -0.112. The molecule has 1 unspecified atom stereocenters. The van der Waals surface area contributed by atoms with Crippen molar-refractivity contribution in [2.45, 2.75) is 6.18 Å². The Morgan fingerprint density at radius 2 is 2.07 bits per heavy atom. The van der Waals surface area contributed by atoms with Gasteiger partial charge in [-0.1, -0.05) is 12.2 Å². The Morgan fingerprint density at radius 1 is 1.50 bits per heavy atom. The van der Waals surface area contributed by atoms with Gasteiger partial charge in [-0.3, -0.25) is 4.79 Å². The fourth-order valence-corrected chi connectivity index (χ4v) is 1.23. The maximum absolute atomic E-state index is 12.2. The van der Waals surface area contributed by atoms with Crippen LogP contribution in [0, 0.1) is 11.3 Å². The van der Waals surface area contributed by atoms with Crippen molar-refractivity contribution in [3.05, 3.63) is 23.8 Å². The van der Waals surface area contributed by atoms with E-state index >= 15 is 0 Å². The van der Waals surface area contributed by atoms with Crippen LogP contribution >= 0.6 is 11.6 Å². The van der Waals surface area contributed by atoms with Crippen molar-refractivity contribution in [1.82, 2.24) is 0 Å². The average Bonchev–Trinajstić information content (AvgIpc) is 2.01. The highest BCUT2D eigenvalue weighted by Crippen LogP contribution is 2.31. The average molecular weight is 224 g/mol. The van der Waals surface area contributed by atoms with E-state index in [2.05, 4.69) is 0 Å². The Labute approximate surface area is 82.6 Å². The zero-order chi connectivity index (χ0) is 10.9. The van der Waals surface area contributed by atoms with Crippen LogP contribution in [-0.4, -0.2) is 17.1 Å². The van der Waals surface area contributed by atoms with Gasteiger partial charge in [0.05, 0.1) is 17.2 Å². The lowest BCUT2D eigenvalue weighted by atomic mass is 9.92. The minimum absolute atomic E-state index is 0.749. The van der Waals surface area contributed by atoms with Gasteiger partial charge < -0.3 is 5.41 Å². The molecule has 0 fully saturated rings. The van der Waals surface area contributed by atoms with Gasteiger partial charge in [-0.15, -0.1) is 0 Å². The van der Waals surface area contributed by atoms with Gasteiger partial charge in [0.1, 0.15) is 0 Å². The van der Waals surface area contributed by atoms with Gasteiger partial charge in [-0.05, 0) is 17.7 Å². The smallest absolute Gasteiger partial charge is 0.304 e. The molecule has 0 aliphatic heterocycles. The number of alkyl halides is 3. The molecule has 6 heteroatoms. The minimum atomic E-state index is -4.62. The number of allylic oxidation sites excluding steroid dienone is 4. The molecule has 0 amide bonds. The summed E-state index contributed by atoms with van der Waals surface area (Å²) in [5.41, 5.74) is -1.93. The molecule has 0 aromatic carbocycles. The summed E-state index contributed by atoms with van der Waals surface area (Å²) in [6.45, 7) is 0. The second-order valence-corrected chi connectivity index (χ2v) is 3.03. The third-order valence-electron chi connectivity index (χ3n) is 1.72. The predicted octanol–water partition coefficient (Wildman–Crippen LogP) is 2.45. The molecule has 0 aromatic rings. The van der Waals surface area contributed by atoms with Gasteiger partial charge in [-0.2, -0.15) is 13.2 Å². The molecule has 0 bridgehead atoms. The molecule has 0 saturated heterocycles. The number of carbonyl (C=O) groups is 1. The number of rotatable bonds is 1. The van der Waals surface area contributed by atoms with E-state index in [0.29, 0.717) is 0 Å². The van der Waals surface area contributed by atoms with Crippen LogP contribution in [0.25, 0.3) is 0 Å². The summed E-state index contributed by atoms with van der Waals surface area (Å²) >= 11 is 5.04. The molecular formula is C8H5ClF3NO. The zero-order valence-corrected chi connectivity index (χ0v) is 7.49. The topological polar surface area (TPSA) is 40.9 Å². The molecule has 0 heterocycles. The van der Waals surface area contributed by atoms with Crippen molar-refractivity contribution >= 4 is 22.6 Å². The quantitative estimate of drug-likeness (QED) is 0.682. The normalized spacial score (nSPS) is 22.1. The van der Waals surface area contributed by atoms with Gasteiger partial charge in [0.25, 0.3) is 0 Å². The molecule has 1 atom stereocenters. The van der Waals surface area contributed by atoms with Crippen LogP contribution in [0.2, 0.25) is 0 Å². The fourth-order valence-electron chi connectivity index (χ4n) is 1.05. The molecule has 2 nitrogen and oxygen atoms in total.